The van der Waals surface area contributed by atoms with Gasteiger partial charge in [0.1, 0.15) is 17.4 Å². The molecule has 4 aliphatic rings. The third-order valence-corrected chi connectivity index (χ3v) is 12.4. The lowest BCUT2D eigenvalue weighted by atomic mass is 9.95. The Morgan fingerprint density at radius 3 is 2.37 bits per heavy atom. The number of aromatic nitrogens is 1. The molecule has 6 heterocycles. The van der Waals surface area contributed by atoms with Crippen LogP contribution >= 0.6 is 24.0 Å². The number of fused-ring (bicyclic) bond motifs is 3. The van der Waals surface area contributed by atoms with E-state index in [9.17, 15) is 19.2 Å². The molecule has 0 radical (unpaired) electrons. The van der Waals surface area contributed by atoms with Crippen LogP contribution in [0, 0.1) is 12.8 Å². The summed E-state index contributed by atoms with van der Waals surface area (Å²) in [6, 6.07) is 17.0. The van der Waals surface area contributed by atoms with Crippen molar-refractivity contribution in [3.8, 4) is 16.9 Å². The minimum Gasteiger partial charge on any atom is -0.496 e. The monoisotopic (exact) mass is 810 g/mol. The van der Waals surface area contributed by atoms with E-state index in [2.05, 4.69) is 49.3 Å². The van der Waals surface area contributed by atoms with Gasteiger partial charge in [0.2, 0.25) is 17.2 Å². The standard InChI is InChI=1S/C43H43ClN6O6.ClH/c1-25-22-45-39-40(52)38-32(44)4-3-5-34(38)56-41(39)37(25)27-6-8-28(9-7-27)49-18-16-47(17-19-49)23-26-12-14-48(15-13-26)29-20-30-31(35(21-29)55-2)24-50(43(30)54)33-10-11-36(51)46-42(33)53;/h3-9,20-22,26,33H,10-19,23-24H2,1-2H3,(H,46,51,53);1H. The highest BCUT2D eigenvalue weighted by Crippen LogP contribution is 2.39. The van der Waals surface area contributed by atoms with Crippen molar-refractivity contribution in [1.29, 1.82) is 0 Å². The fraction of sp³-hybridized carbons (Fsp3) is 0.372. The third kappa shape index (κ3) is 7.08. The van der Waals surface area contributed by atoms with Gasteiger partial charge >= 0.3 is 0 Å². The number of halogens is 2. The average molecular weight is 812 g/mol. The van der Waals surface area contributed by atoms with Crippen LogP contribution in [0.4, 0.5) is 11.4 Å². The summed E-state index contributed by atoms with van der Waals surface area (Å²) in [7, 11) is 1.62. The Morgan fingerprint density at radius 2 is 1.65 bits per heavy atom. The molecule has 3 amide bonds. The summed E-state index contributed by atoms with van der Waals surface area (Å²) in [5.74, 6) is 0.347. The Labute approximate surface area is 341 Å². The predicted octanol–water partition coefficient (Wildman–Crippen LogP) is 6.20. The molecule has 296 valence electrons. The first-order chi connectivity index (χ1) is 27.2. The first-order valence-corrected chi connectivity index (χ1v) is 19.7. The molecule has 0 saturated carbocycles. The highest BCUT2D eigenvalue weighted by atomic mass is 35.5. The number of amides is 3. The molecule has 0 spiro atoms. The molecule has 1 N–H and O–H groups in total. The van der Waals surface area contributed by atoms with Gasteiger partial charge in [0.25, 0.3) is 5.91 Å². The zero-order valence-corrected chi connectivity index (χ0v) is 33.5. The molecule has 14 heteroatoms. The summed E-state index contributed by atoms with van der Waals surface area (Å²) in [4.78, 5) is 64.6. The summed E-state index contributed by atoms with van der Waals surface area (Å²) < 4.78 is 12.0. The molecule has 3 saturated heterocycles. The van der Waals surface area contributed by atoms with Gasteiger partial charge in [-0.25, -0.2) is 4.98 Å². The molecule has 57 heavy (non-hydrogen) atoms. The van der Waals surface area contributed by atoms with E-state index in [-0.39, 0.29) is 41.6 Å². The molecular weight excluding hydrogens is 767 g/mol. The zero-order chi connectivity index (χ0) is 38.7. The Balaban J connectivity index is 0.00000455. The summed E-state index contributed by atoms with van der Waals surface area (Å²) >= 11 is 6.35. The highest BCUT2D eigenvalue weighted by molar-refractivity contribution is 6.35. The summed E-state index contributed by atoms with van der Waals surface area (Å²) in [5, 5.41) is 3.08. The Morgan fingerprint density at radius 1 is 0.912 bits per heavy atom. The smallest absolute Gasteiger partial charge is 0.255 e. The molecule has 4 aliphatic heterocycles. The van der Waals surface area contributed by atoms with Gasteiger partial charge < -0.3 is 23.9 Å². The molecule has 3 aromatic carbocycles. The second-order valence-electron chi connectivity index (χ2n) is 15.4. The van der Waals surface area contributed by atoms with Crippen molar-refractivity contribution >= 4 is 75.2 Å². The van der Waals surface area contributed by atoms with Crippen LogP contribution in [0.15, 0.2) is 70.0 Å². The minimum atomic E-state index is -0.656. The number of benzene rings is 3. The number of imide groups is 1. The SMILES string of the molecule is COc1cc(N2CCC(CN3CCN(c4ccc(-c5c(C)cnc6c(=O)c7c(Cl)cccc7oc56)cc4)CC3)CC2)cc2c1CN(C1CCC(=O)NC1=O)C2=O.Cl. The number of pyridine rings is 1. The van der Waals surface area contributed by atoms with Crippen LogP contribution in [-0.4, -0.2) is 91.5 Å². The van der Waals surface area contributed by atoms with Crippen LogP contribution in [-0.2, 0) is 16.1 Å². The van der Waals surface area contributed by atoms with E-state index in [1.165, 1.54) is 5.69 Å². The number of hydrogen-bond donors (Lipinski definition) is 1. The summed E-state index contributed by atoms with van der Waals surface area (Å²) in [5.41, 5.74) is 7.21. The van der Waals surface area contributed by atoms with Crippen molar-refractivity contribution in [2.45, 2.75) is 45.2 Å². The number of methoxy groups -OCH3 is 1. The maximum absolute atomic E-state index is 13.6. The molecule has 5 aromatic rings. The molecular formula is C43H44Cl2N6O6. The first kappa shape index (κ1) is 38.7. The fourth-order valence-electron chi connectivity index (χ4n) is 8.98. The van der Waals surface area contributed by atoms with Crippen molar-refractivity contribution in [2.24, 2.45) is 5.92 Å². The van der Waals surface area contributed by atoms with Crippen molar-refractivity contribution in [1.82, 2.24) is 20.1 Å². The number of piperidine rings is 2. The van der Waals surface area contributed by atoms with Crippen LogP contribution in [0.2, 0.25) is 5.02 Å². The van der Waals surface area contributed by atoms with Crippen molar-refractivity contribution < 1.29 is 23.5 Å². The van der Waals surface area contributed by atoms with E-state index in [4.69, 9.17) is 20.8 Å². The zero-order valence-electron chi connectivity index (χ0n) is 31.9. The topological polar surface area (TPSA) is 129 Å². The number of piperazine rings is 1. The van der Waals surface area contributed by atoms with Gasteiger partial charge in [-0.3, -0.25) is 29.4 Å². The fourth-order valence-corrected chi connectivity index (χ4v) is 9.24. The van der Waals surface area contributed by atoms with E-state index < -0.39 is 11.9 Å². The predicted molar refractivity (Wildman–Crippen MR) is 223 cm³/mol. The molecule has 12 nitrogen and oxygen atoms in total. The van der Waals surface area contributed by atoms with Crippen LogP contribution < -0.4 is 25.3 Å². The minimum absolute atomic E-state index is 0. The van der Waals surface area contributed by atoms with Gasteiger partial charge in [0.05, 0.1) is 29.6 Å². The van der Waals surface area contributed by atoms with Crippen LogP contribution in [0.3, 0.4) is 0 Å². The summed E-state index contributed by atoms with van der Waals surface area (Å²) in [6.45, 7) is 8.98. The van der Waals surface area contributed by atoms with Gasteiger partial charge in [0, 0.05) is 87.0 Å². The highest BCUT2D eigenvalue weighted by Gasteiger charge is 2.41. The molecule has 1 atom stereocenters. The van der Waals surface area contributed by atoms with Crippen LogP contribution in [0.5, 0.6) is 5.75 Å². The van der Waals surface area contributed by atoms with E-state index in [0.29, 0.717) is 51.8 Å². The maximum Gasteiger partial charge on any atom is 0.255 e. The van der Waals surface area contributed by atoms with Crippen LogP contribution in [0.1, 0.15) is 47.2 Å². The van der Waals surface area contributed by atoms with Crippen LogP contribution in [0.25, 0.3) is 33.2 Å². The van der Waals surface area contributed by atoms with Crippen molar-refractivity contribution in [2.75, 3.05) is 62.7 Å². The van der Waals surface area contributed by atoms with E-state index in [1.807, 2.05) is 19.1 Å². The lowest BCUT2D eigenvalue weighted by Crippen LogP contribution is -2.52. The molecule has 0 aliphatic carbocycles. The van der Waals surface area contributed by atoms with Crippen molar-refractivity contribution in [3.05, 3.63) is 92.7 Å². The van der Waals surface area contributed by atoms with Gasteiger partial charge in [-0.2, -0.15) is 0 Å². The number of rotatable bonds is 7. The quantitative estimate of drug-likeness (QED) is 0.150. The second kappa shape index (κ2) is 15.6. The van der Waals surface area contributed by atoms with Crippen molar-refractivity contribution in [3.63, 3.8) is 0 Å². The number of carbonyl (C=O) groups is 3. The Kier molecular flexibility index (Phi) is 10.6. The number of carbonyl (C=O) groups excluding carboxylic acids is 3. The summed E-state index contributed by atoms with van der Waals surface area (Å²) in [6.07, 6.45) is 4.40. The number of nitrogens with zero attached hydrogens (tertiary/aromatic N) is 5. The lowest BCUT2D eigenvalue weighted by molar-refractivity contribution is -0.136. The second-order valence-corrected chi connectivity index (χ2v) is 15.8. The first-order valence-electron chi connectivity index (χ1n) is 19.4. The Hall–Kier alpha value is -5.17. The molecule has 3 fully saturated rings. The number of hydrogen-bond acceptors (Lipinski definition) is 10. The Bertz CT molecular complexity index is 2460. The van der Waals surface area contributed by atoms with E-state index in [1.54, 1.807) is 36.4 Å². The average Bonchev–Trinajstić information content (AvgIpc) is 3.53. The largest absolute Gasteiger partial charge is 0.496 e. The third-order valence-electron chi connectivity index (χ3n) is 12.1. The molecule has 9 rings (SSSR count). The van der Waals surface area contributed by atoms with Gasteiger partial charge in [-0.05, 0) is 73.6 Å². The normalized spacial score (nSPS) is 19.2. The lowest BCUT2D eigenvalue weighted by Gasteiger charge is -2.40. The van der Waals surface area contributed by atoms with E-state index in [0.717, 1.165) is 86.6 Å². The van der Waals surface area contributed by atoms with Gasteiger partial charge in [0.15, 0.2) is 11.1 Å². The number of aryl methyl sites for hydroxylation is 1. The van der Waals surface area contributed by atoms with Gasteiger partial charge in [-0.15, -0.1) is 12.4 Å². The number of ether oxygens (including phenoxy) is 1. The maximum atomic E-state index is 13.6. The molecule has 0 bridgehead atoms. The number of anilines is 2. The van der Waals surface area contributed by atoms with Gasteiger partial charge in [-0.1, -0.05) is 29.8 Å². The molecule has 2 aromatic heterocycles. The number of nitrogens with one attached hydrogen (secondary N) is 1. The molecule has 1 unspecified atom stereocenters. The van der Waals surface area contributed by atoms with E-state index >= 15 is 0 Å².